The number of rotatable bonds is 7. The molecule has 0 saturated carbocycles. The molecule has 0 bridgehead atoms. The van der Waals surface area contributed by atoms with Crippen LogP contribution in [0.5, 0.6) is 5.75 Å². The smallest absolute Gasteiger partial charge is 0.263 e. The number of carbonyl (C=O) groups excluding carboxylic acids is 1. The van der Waals surface area contributed by atoms with Crippen LogP contribution in [0.1, 0.15) is 28.6 Å². The van der Waals surface area contributed by atoms with E-state index in [4.69, 9.17) is 4.74 Å². The second-order valence-corrected chi connectivity index (χ2v) is 7.75. The molecule has 0 radical (unpaired) electrons. The Kier molecular flexibility index (Phi) is 5.83. The zero-order valence-electron chi connectivity index (χ0n) is 14.2. The fourth-order valence-electron chi connectivity index (χ4n) is 2.44. The predicted octanol–water partition coefficient (Wildman–Crippen LogP) is 4.63. The summed E-state index contributed by atoms with van der Waals surface area (Å²) >= 11 is 3.06. The normalized spacial score (nSPS) is 11.9. The van der Waals surface area contributed by atoms with Crippen molar-refractivity contribution < 1.29 is 9.53 Å². The number of amides is 1. The van der Waals surface area contributed by atoms with Gasteiger partial charge in [0, 0.05) is 6.04 Å². The summed E-state index contributed by atoms with van der Waals surface area (Å²) in [5.41, 5.74) is 1.24. The Morgan fingerprint density at radius 1 is 1.28 bits per heavy atom. The van der Waals surface area contributed by atoms with Gasteiger partial charge in [0.25, 0.3) is 5.91 Å². The molecule has 0 spiro atoms. The highest BCUT2D eigenvalue weighted by atomic mass is 32.1. The Balaban J connectivity index is 1.51. The van der Waals surface area contributed by atoms with Crippen LogP contribution in [0, 0.1) is 0 Å². The van der Waals surface area contributed by atoms with Gasteiger partial charge in [0.15, 0.2) is 0 Å². The second kappa shape index (κ2) is 8.27. The highest BCUT2D eigenvalue weighted by Gasteiger charge is 2.14. The quantitative estimate of drug-likeness (QED) is 0.658. The lowest BCUT2D eigenvalue weighted by Gasteiger charge is -2.13. The number of carbonyl (C=O) groups is 1. The van der Waals surface area contributed by atoms with Crippen molar-refractivity contribution in [3.63, 3.8) is 0 Å². The van der Waals surface area contributed by atoms with Crippen molar-refractivity contribution in [1.82, 2.24) is 10.3 Å². The summed E-state index contributed by atoms with van der Waals surface area (Å²) in [6.45, 7) is 2.03. The Labute approximate surface area is 155 Å². The first-order valence-corrected chi connectivity index (χ1v) is 9.79. The van der Waals surface area contributed by atoms with Gasteiger partial charge in [-0.3, -0.25) is 4.79 Å². The molecule has 1 aromatic carbocycles. The van der Waals surface area contributed by atoms with Crippen LogP contribution in [0.25, 0.3) is 9.88 Å². The second-order valence-electron chi connectivity index (χ2n) is 5.77. The highest BCUT2D eigenvalue weighted by molar-refractivity contribution is 7.21. The molecule has 6 heteroatoms. The van der Waals surface area contributed by atoms with Crippen LogP contribution in [0.15, 0.2) is 48.0 Å². The van der Waals surface area contributed by atoms with Crippen LogP contribution < -0.4 is 10.1 Å². The number of nitrogens with one attached hydrogen (secondary N) is 1. The maximum absolute atomic E-state index is 12.4. The minimum absolute atomic E-state index is 0.0532. The van der Waals surface area contributed by atoms with E-state index in [1.165, 1.54) is 16.9 Å². The monoisotopic (exact) mass is 372 g/mol. The number of nitrogens with zero attached hydrogens (tertiary/aromatic N) is 1. The Bertz CT molecular complexity index is 810. The largest absolute Gasteiger partial charge is 0.497 e. The molecule has 25 heavy (non-hydrogen) atoms. The number of hydrogen-bond acceptors (Lipinski definition) is 5. The number of hydrogen-bond donors (Lipinski definition) is 1. The third-order valence-corrected chi connectivity index (χ3v) is 5.90. The minimum Gasteiger partial charge on any atom is -0.497 e. The Morgan fingerprint density at radius 3 is 2.76 bits per heavy atom. The van der Waals surface area contributed by atoms with E-state index < -0.39 is 0 Å². The van der Waals surface area contributed by atoms with Gasteiger partial charge in [-0.15, -0.1) is 22.7 Å². The molecular weight excluding hydrogens is 352 g/mol. The molecule has 3 aromatic rings. The molecule has 0 aliphatic heterocycles. The lowest BCUT2D eigenvalue weighted by atomic mass is 10.1. The summed E-state index contributed by atoms with van der Waals surface area (Å²) in [4.78, 5) is 18.5. The first-order valence-electron chi connectivity index (χ1n) is 8.09. The van der Waals surface area contributed by atoms with E-state index in [1.807, 2.05) is 36.6 Å². The van der Waals surface area contributed by atoms with Crippen molar-refractivity contribution >= 4 is 28.6 Å². The Morgan fingerprint density at radius 2 is 2.08 bits per heavy atom. The average Bonchev–Trinajstić information content (AvgIpc) is 3.31. The van der Waals surface area contributed by atoms with Crippen LogP contribution in [0.4, 0.5) is 0 Å². The number of aryl methyl sites for hydroxylation is 1. The minimum atomic E-state index is -0.0532. The SMILES string of the molecule is COc1ccc(CCC(C)NC(=O)c2cnc(-c3cccs3)s2)cc1. The van der Waals surface area contributed by atoms with E-state index in [9.17, 15) is 4.79 Å². The van der Waals surface area contributed by atoms with Crippen LogP contribution in [0.2, 0.25) is 0 Å². The molecule has 1 unspecified atom stereocenters. The van der Waals surface area contributed by atoms with Gasteiger partial charge < -0.3 is 10.1 Å². The van der Waals surface area contributed by atoms with E-state index in [0.717, 1.165) is 28.5 Å². The van der Waals surface area contributed by atoms with Crippen molar-refractivity contribution in [2.45, 2.75) is 25.8 Å². The summed E-state index contributed by atoms with van der Waals surface area (Å²) in [7, 11) is 1.66. The summed E-state index contributed by atoms with van der Waals surface area (Å²) in [6.07, 6.45) is 3.45. The van der Waals surface area contributed by atoms with Crippen LogP contribution in [-0.4, -0.2) is 24.0 Å². The fourth-order valence-corrected chi connectivity index (χ4v) is 4.06. The first-order chi connectivity index (χ1) is 12.2. The van der Waals surface area contributed by atoms with Gasteiger partial charge in [-0.25, -0.2) is 4.98 Å². The molecule has 0 saturated heterocycles. The maximum atomic E-state index is 12.4. The van der Waals surface area contributed by atoms with Gasteiger partial charge in [-0.2, -0.15) is 0 Å². The predicted molar refractivity (Wildman–Crippen MR) is 104 cm³/mol. The zero-order chi connectivity index (χ0) is 17.6. The summed E-state index contributed by atoms with van der Waals surface area (Å²) in [6, 6.07) is 12.1. The van der Waals surface area contributed by atoms with E-state index in [1.54, 1.807) is 24.6 Å². The van der Waals surface area contributed by atoms with Crippen LogP contribution >= 0.6 is 22.7 Å². The van der Waals surface area contributed by atoms with Crippen molar-refractivity contribution in [2.75, 3.05) is 7.11 Å². The molecule has 2 heterocycles. The molecule has 0 fully saturated rings. The molecule has 3 rings (SSSR count). The van der Waals surface area contributed by atoms with Gasteiger partial charge in [-0.1, -0.05) is 18.2 Å². The van der Waals surface area contributed by atoms with Gasteiger partial charge in [0.2, 0.25) is 0 Å². The van der Waals surface area contributed by atoms with Crippen molar-refractivity contribution in [3.05, 3.63) is 58.4 Å². The fraction of sp³-hybridized carbons (Fsp3) is 0.263. The molecule has 1 atom stereocenters. The van der Waals surface area contributed by atoms with Gasteiger partial charge in [-0.05, 0) is 48.9 Å². The summed E-state index contributed by atoms with van der Waals surface area (Å²) in [5, 5.41) is 5.96. The number of ether oxygens (including phenoxy) is 1. The zero-order valence-corrected chi connectivity index (χ0v) is 15.8. The molecule has 1 N–H and O–H groups in total. The van der Waals surface area contributed by atoms with Crippen molar-refractivity contribution in [3.8, 4) is 15.6 Å². The third-order valence-electron chi connectivity index (χ3n) is 3.86. The van der Waals surface area contributed by atoms with Crippen molar-refractivity contribution in [1.29, 1.82) is 0 Å². The van der Waals surface area contributed by atoms with Gasteiger partial charge >= 0.3 is 0 Å². The summed E-state index contributed by atoms with van der Waals surface area (Å²) in [5.74, 6) is 0.805. The first kappa shape index (κ1) is 17.6. The topological polar surface area (TPSA) is 51.2 Å². The number of aromatic nitrogens is 1. The van der Waals surface area contributed by atoms with Crippen molar-refractivity contribution in [2.24, 2.45) is 0 Å². The molecule has 4 nitrogen and oxygen atoms in total. The molecule has 130 valence electrons. The van der Waals surface area contributed by atoms with Crippen LogP contribution in [0.3, 0.4) is 0 Å². The van der Waals surface area contributed by atoms with E-state index >= 15 is 0 Å². The van der Waals surface area contributed by atoms with E-state index in [-0.39, 0.29) is 11.9 Å². The summed E-state index contributed by atoms with van der Waals surface area (Å²) < 4.78 is 5.16. The molecular formula is C19H20N2O2S2. The Hall–Kier alpha value is -2.18. The van der Waals surface area contributed by atoms with Gasteiger partial charge in [0.05, 0.1) is 18.2 Å². The lowest BCUT2D eigenvalue weighted by molar-refractivity contribution is 0.0942. The molecule has 0 aliphatic carbocycles. The van der Waals surface area contributed by atoms with Gasteiger partial charge in [0.1, 0.15) is 15.6 Å². The average molecular weight is 373 g/mol. The maximum Gasteiger partial charge on any atom is 0.263 e. The lowest BCUT2D eigenvalue weighted by Crippen LogP contribution is -2.32. The number of methoxy groups -OCH3 is 1. The number of benzene rings is 1. The van der Waals surface area contributed by atoms with Crippen LogP contribution in [-0.2, 0) is 6.42 Å². The molecule has 0 aliphatic rings. The molecule has 2 aromatic heterocycles. The van der Waals surface area contributed by atoms with E-state index in [2.05, 4.69) is 22.4 Å². The number of thiazole rings is 1. The molecule has 1 amide bonds. The van der Waals surface area contributed by atoms with E-state index in [0.29, 0.717) is 4.88 Å². The number of thiophene rings is 1. The standard InChI is InChI=1S/C19H20N2O2S2/c1-13(5-6-14-7-9-15(23-2)10-8-14)21-18(22)17-12-20-19(25-17)16-4-3-11-24-16/h3-4,7-13H,5-6H2,1-2H3,(H,21,22). The highest BCUT2D eigenvalue weighted by Crippen LogP contribution is 2.28. The third kappa shape index (κ3) is 4.67.